The maximum Gasteiger partial charge on any atom is 0.343 e. The quantitative estimate of drug-likeness (QED) is 0.203. The molecule has 0 bridgehead atoms. The molecule has 18 nitrogen and oxygen atoms in total. The number of carbonyl (C=O) groups is 4. The van der Waals surface area contributed by atoms with Crippen LogP contribution >= 0.6 is 0 Å². The van der Waals surface area contributed by atoms with Gasteiger partial charge in [-0.1, -0.05) is 6.07 Å². The van der Waals surface area contributed by atoms with Gasteiger partial charge in [0, 0.05) is 89.9 Å². The van der Waals surface area contributed by atoms with E-state index >= 15 is 0 Å². The molecule has 0 aliphatic carbocycles. The Bertz CT molecular complexity index is 2310. The number of hydrogen-bond acceptors (Lipinski definition) is 14. The van der Waals surface area contributed by atoms with Gasteiger partial charge in [0.05, 0.1) is 40.4 Å². The molecule has 18 heteroatoms. The molecule has 3 aromatic heterocycles. The third-order valence-electron chi connectivity index (χ3n) is 13.1. The molecule has 8 heterocycles. The number of hydrazine groups is 1. The van der Waals surface area contributed by atoms with Crippen LogP contribution in [0.5, 0.6) is 0 Å². The number of nitrogens with zero attached hydrogens (tertiary/aromatic N) is 11. The second-order valence-corrected chi connectivity index (χ2v) is 17.2. The molecule has 5 amide bonds. The molecule has 0 unspecified atom stereocenters. The molecule has 2 N–H and O–H groups in total. The Morgan fingerprint density at radius 3 is 2.33 bits per heavy atom. The first kappa shape index (κ1) is 40.5. The van der Waals surface area contributed by atoms with Crippen molar-refractivity contribution in [3.8, 4) is 0 Å². The van der Waals surface area contributed by atoms with Gasteiger partial charge in [0.25, 0.3) is 11.8 Å². The number of ether oxygens (including phenoxy) is 1. The summed E-state index contributed by atoms with van der Waals surface area (Å²) in [5, 5.41) is 13.7. The van der Waals surface area contributed by atoms with Gasteiger partial charge in [0.1, 0.15) is 11.6 Å². The van der Waals surface area contributed by atoms with Gasteiger partial charge in [0.2, 0.25) is 11.9 Å². The number of piperidine rings is 3. The number of anilines is 5. The lowest BCUT2D eigenvalue weighted by Gasteiger charge is -2.40. The number of benzene rings is 1. The molecule has 4 aromatic rings. The summed E-state index contributed by atoms with van der Waals surface area (Å²) < 4.78 is 7.63. The maximum absolute atomic E-state index is 13.7. The zero-order valence-electron chi connectivity index (χ0n) is 35.4. The van der Waals surface area contributed by atoms with E-state index in [0.717, 1.165) is 117 Å². The monoisotopic (exact) mass is 833 g/mol. The van der Waals surface area contributed by atoms with Crippen LogP contribution < -0.4 is 25.3 Å². The third-order valence-corrected chi connectivity index (χ3v) is 13.1. The molecule has 5 aliphatic rings. The van der Waals surface area contributed by atoms with Crippen LogP contribution in [0.15, 0.2) is 42.7 Å². The predicted octanol–water partition coefficient (Wildman–Crippen LogP) is 4.43. The largest absolute Gasteiger partial charge is 0.381 e. The number of fused-ring (bicyclic) bond motifs is 2. The van der Waals surface area contributed by atoms with Crippen molar-refractivity contribution >= 4 is 63.7 Å². The van der Waals surface area contributed by atoms with Gasteiger partial charge in [-0.15, -0.1) is 0 Å². The normalized spacial score (nSPS) is 19.9. The van der Waals surface area contributed by atoms with Crippen LogP contribution in [0, 0.1) is 5.92 Å². The molecule has 61 heavy (non-hydrogen) atoms. The highest BCUT2D eigenvalue weighted by Gasteiger charge is 2.45. The van der Waals surface area contributed by atoms with Gasteiger partial charge in [-0.05, 0) is 83.5 Å². The Labute approximate surface area is 355 Å². The first-order chi connectivity index (χ1) is 29.6. The van der Waals surface area contributed by atoms with E-state index in [4.69, 9.17) is 19.8 Å². The van der Waals surface area contributed by atoms with Gasteiger partial charge in [0.15, 0.2) is 5.82 Å². The van der Waals surface area contributed by atoms with E-state index in [1.54, 1.807) is 25.4 Å². The fourth-order valence-corrected chi connectivity index (χ4v) is 9.62. The lowest BCUT2D eigenvalue weighted by Crippen LogP contribution is -2.58. The number of hydrogen-bond donors (Lipinski definition) is 2. The number of nitrogens with one attached hydrogen (secondary N) is 2. The van der Waals surface area contributed by atoms with E-state index in [0.29, 0.717) is 35.1 Å². The highest BCUT2D eigenvalue weighted by atomic mass is 16.5. The minimum Gasteiger partial charge on any atom is -0.381 e. The summed E-state index contributed by atoms with van der Waals surface area (Å²) in [5.41, 5.74) is 2.36. The number of pyridine rings is 1. The molecule has 4 saturated heterocycles. The second-order valence-electron chi connectivity index (χ2n) is 17.2. The molecule has 4 fully saturated rings. The Morgan fingerprint density at radius 2 is 1.61 bits per heavy atom. The predicted molar refractivity (Wildman–Crippen MR) is 230 cm³/mol. The number of imide groups is 2. The summed E-state index contributed by atoms with van der Waals surface area (Å²) in [6.07, 6.45) is 9.94. The fraction of sp³-hybridized carbons (Fsp3) is 0.535. The van der Waals surface area contributed by atoms with Crippen LogP contribution in [0.4, 0.5) is 33.9 Å². The smallest absolute Gasteiger partial charge is 0.343 e. The fourth-order valence-electron chi connectivity index (χ4n) is 9.62. The lowest BCUT2D eigenvalue weighted by atomic mass is 9.93. The topological polar surface area (TPSA) is 178 Å². The molecule has 9 rings (SSSR count). The minimum atomic E-state index is -0.762. The summed E-state index contributed by atoms with van der Waals surface area (Å²) in [6.45, 7) is 10.3. The number of methoxy groups -OCH3 is 1. The van der Waals surface area contributed by atoms with Crippen LogP contribution in [-0.4, -0.2) is 142 Å². The standard InChI is InChI=1S/C43H55N13O5/c1-27(2)55-34-24-36(46-35-8-16-44-42(47-35)53-21-13-30(61-4)14-22-53)45-25-32(34)39(49-55)52-19-11-29(12-20-52)50(3)26-28-9-17-51(18-10-28)33-7-5-6-31-38(33)41(59)56(40(31)58)54-23-15-37(57)48-43(54)60/h5-8,16,24-25,27-30H,9-15,17-23,26H2,1-4H3,(H,48,57,60)(H,44,45,46,47). The van der Waals surface area contributed by atoms with E-state index in [1.165, 1.54) is 0 Å². The average Bonchev–Trinajstić information content (AvgIpc) is 3.78. The van der Waals surface area contributed by atoms with Crippen molar-refractivity contribution in [3.05, 3.63) is 53.9 Å². The average molecular weight is 834 g/mol. The first-order valence-electron chi connectivity index (χ1n) is 21.7. The van der Waals surface area contributed by atoms with Crippen molar-refractivity contribution in [1.82, 2.24) is 45.0 Å². The van der Waals surface area contributed by atoms with E-state index in [2.05, 4.69) is 66.9 Å². The SMILES string of the molecule is COC1CCN(c2nccc(Nc3cc4c(cn3)c(N3CCC(N(C)CC5CCN(c6cccc7c6C(=O)N(N6CCC(=O)NC6=O)C7=O)CC5)CC3)nn4C(C)C)n2)CC1. The molecule has 0 saturated carbocycles. The van der Waals surface area contributed by atoms with Gasteiger partial charge in [-0.3, -0.25) is 24.4 Å². The molecular formula is C43H55N13O5. The van der Waals surface area contributed by atoms with Crippen LogP contribution in [0.2, 0.25) is 0 Å². The molecule has 0 spiro atoms. The maximum atomic E-state index is 13.7. The second kappa shape index (κ2) is 16.9. The van der Waals surface area contributed by atoms with Crippen LogP contribution in [0.3, 0.4) is 0 Å². The Balaban J connectivity index is 0.796. The van der Waals surface area contributed by atoms with E-state index in [9.17, 15) is 19.2 Å². The Morgan fingerprint density at radius 1 is 0.869 bits per heavy atom. The zero-order valence-corrected chi connectivity index (χ0v) is 35.4. The molecular weight excluding hydrogens is 779 g/mol. The Hall–Kier alpha value is -5.88. The third kappa shape index (κ3) is 7.93. The van der Waals surface area contributed by atoms with Gasteiger partial charge >= 0.3 is 6.03 Å². The van der Waals surface area contributed by atoms with Crippen molar-refractivity contribution in [2.45, 2.75) is 77.0 Å². The Kier molecular flexibility index (Phi) is 11.2. The van der Waals surface area contributed by atoms with Crippen LogP contribution in [-0.2, 0) is 9.53 Å². The summed E-state index contributed by atoms with van der Waals surface area (Å²) in [6, 6.07) is 9.11. The molecule has 0 atom stereocenters. The number of carbonyl (C=O) groups excluding carboxylic acids is 4. The van der Waals surface area contributed by atoms with Gasteiger partial charge in [-0.2, -0.15) is 15.1 Å². The number of urea groups is 1. The number of amides is 5. The van der Waals surface area contributed by atoms with Crippen molar-refractivity contribution in [2.24, 2.45) is 5.92 Å². The summed E-state index contributed by atoms with van der Waals surface area (Å²) in [4.78, 5) is 74.8. The van der Waals surface area contributed by atoms with Gasteiger partial charge in [-0.25, -0.2) is 19.8 Å². The van der Waals surface area contributed by atoms with Crippen molar-refractivity contribution in [3.63, 3.8) is 0 Å². The van der Waals surface area contributed by atoms with Crippen LogP contribution in [0.1, 0.15) is 85.6 Å². The zero-order chi connectivity index (χ0) is 42.4. The molecule has 322 valence electrons. The van der Waals surface area contributed by atoms with Crippen molar-refractivity contribution < 1.29 is 23.9 Å². The summed E-state index contributed by atoms with van der Waals surface area (Å²) >= 11 is 0. The highest BCUT2D eigenvalue weighted by molar-refractivity contribution is 6.24. The summed E-state index contributed by atoms with van der Waals surface area (Å²) in [7, 11) is 4.01. The van der Waals surface area contributed by atoms with E-state index in [-0.39, 0.29) is 30.7 Å². The number of aromatic nitrogens is 5. The van der Waals surface area contributed by atoms with Crippen molar-refractivity contribution in [2.75, 3.05) is 86.5 Å². The van der Waals surface area contributed by atoms with E-state index < -0.39 is 23.8 Å². The first-order valence-corrected chi connectivity index (χ1v) is 21.7. The van der Waals surface area contributed by atoms with Gasteiger partial charge < -0.3 is 29.7 Å². The van der Waals surface area contributed by atoms with Crippen LogP contribution in [0.25, 0.3) is 10.9 Å². The highest BCUT2D eigenvalue weighted by Crippen LogP contribution is 2.36. The molecule has 0 radical (unpaired) electrons. The van der Waals surface area contributed by atoms with Crippen molar-refractivity contribution in [1.29, 1.82) is 0 Å². The van der Waals surface area contributed by atoms with E-state index in [1.807, 2.05) is 18.3 Å². The molecule has 5 aliphatic heterocycles. The lowest BCUT2D eigenvalue weighted by molar-refractivity contribution is -0.122. The summed E-state index contributed by atoms with van der Waals surface area (Å²) in [5.74, 6) is 2.10. The number of rotatable bonds is 11. The minimum absolute atomic E-state index is 0.0226. The molecule has 1 aromatic carbocycles.